The molecule has 90 valence electrons. The van der Waals surface area contributed by atoms with E-state index in [2.05, 4.69) is 5.32 Å². The highest BCUT2D eigenvalue weighted by Gasteiger charge is 2.36. The van der Waals surface area contributed by atoms with Crippen molar-refractivity contribution in [2.24, 2.45) is 0 Å². The van der Waals surface area contributed by atoms with E-state index in [-0.39, 0.29) is 11.5 Å². The fraction of sp³-hybridized carbons (Fsp3) is 0.364. The molecule has 1 saturated heterocycles. The number of nitrogens with zero attached hydrogens (tertiary/aromatic N) is 1. The minimum Gasteiger partial charge on any atom is -0.390 e. The Kier molecular flexibility index (Phi) is 3.05. The van der Waals surface area contributed by atoms with Crippen LogP contribution < -0.4 is 5.32 Å². The molecule has 2 rings (SSSR count). The summed E-state index contributed by atoms with van der Waals surface area (Å²) in [7, 11) is -3.18. The topological polar surface area (TPSA) is 90.2 Å². The molecule has 1 heterocycles. The zero-order valence-corrected chi connectivity index (χ0v) is 9.81. The lowest BCUT2D eigenvalue weighted by atomic mass is 10.1. The Labute approximate surface area is 99.6 Å². The maximum absolute atomic E-state index is 11.3. The van der Waals surface area contributed by atoms with Crippen LogP contribution in [0, 0.1) is 11.3 Å². The van der Waals surface area contributed by atoms with Gasteiger partial charge in [-0.1, -0.05) is 12.1 Å². The number of aliphatic hydroxyl groups is 1. The third-order valence-electron chi connectivity index (χ3n) is 2.71. The average Bonchev–Trinajstić information content (AvgIpc) is 2.52. The molecule has 0 radical (unpaired) electrons. The van der Waals surface area contributed by atoms with Gasteiger partial charge in [0, 0.05) is 0 Å². The van der Waals surface area contributed by atoms with E-state index in [0.717, 1.165) is 0 Å². The summed E-state index contributed by atoms with van der Waals surface area (Å²) in [5.74, 6) is -0.326. The lowest BCUT2D eigenvalue weighted by molar-refractivity contribution is 0.190. The molecule has 1 aromatic rings. The molecule has 0 saturated carbocycles. The van der Waals surface area contributed by atoms with E-state index in [9.17, 15) is 13.5 Å². The first-order chi connectivity index (χ1) is 8.02. The second-order valence-electron chi connectivity index (χ2n) is 4.05. The zero-order chi connectivity index (χ0) is 12.5. The van der Waals surface area contributed by atoms with Crippen LogP contribution in [0.1, 0.15) is 5.56 Å². The molecular weight excluding hydrogens is 240 g/mol. The van der Waals surface area contributed by atoms with Crippen LogP contribution in [0.2, 0.25) is 0 Å². The summed E-state index contributed by atoms with van der Waals surface area (Å²) >= 11 is 0. The van der Waals surface area contributed by atoms with Gasteiger partial charge in [-0.05, 0) is 12.1 Å². The number of para-hydroxylation sites is 1. The van der Waals surface area contributed by atoms with Crippen LogP contribution in [-0.4, -0.2) is 37.2 Å². The van der Waals surface area contributed by atoms with E-state index < -0.39 is 22.0 Å². The van der Waals surface area contributed by atoms with E-state index in [1.165, 1.54) is 0 Å². The highest BCUT2D eigenvalue weighted by molar-refractivity contribution is 7.91. The molecular formula is C11H12N2O3S. The van der Waals surface area contributed by atoms with Gasteiger partial charge in [-0.25, -0.2) is 8.42 Å². The number of hydrogen-bond donors (Lipinski definition) is 2. The maximum Gasteiger partial charge on any atom is 0.155 e. The highest BCUT2D eigenvalue weighted by atomic mass is 32.2. The number of benzene rings is 1. The first-order valence-electron chi connectivity index (χ1n) is 5.16. The molecule has 6 heteroatoms. The van der Waals surface area contributed by atoms with E-state index in [4.69, 9.17) is 5.26 Å². The van der Waals surface area contributed by atoms with E-state index >= 15 is 0 Å². The van der Waals surface area contributed by atoms with E-state index in [1.807, 2.05) is 6.07 Å². The third-order valence-corrected chi connectivity index (χ3v) is 4.43. The van der Waals surface area contributed by atoms with Gasteiger partial charge >= 0.3 is 0 Å². The van der Waals surface area contributed by atoms with Crippen LogP contribution >= 0.6 is 0 Å². The smallest absolute Gasteiger partial charge is 0.155 e. The Hall–Kier alpha value is -1.58. The van der Waals surface area contributed by atoms with Gasteiger partial charge in [0.25, 0.3) is 0 Å². The van der Waals surface area contributed by atoms with Gasteiger partial charge in [0.2, 0.25) is 0 Å². The Balaban J connectivity index is 2.20. The Morgan fingerprint density at radius 2 is 2.06 bits per heavy atom. The molecule has 2 N–H and O–H groups in total. The Bertz CT molecular complexity index is 562. The number of nitrogens with one attached hydrogen (secondary N) is 1. The first-order valence-corrected chi connectivity index (χ1v) is 6.98. The molecule has 2 unspecified atom stereocenters. The van der Waals surface area contributed by atoms with Crippen LogP contribution in [0.25, 0.3) is 0 Å². The molecule has 2 atom stereocenters. The molecule has 17 heavy (non-hydrogen) atoms. The number of hydrogen-bond acceptors (Lipinski definition) is 5. The van der Waals surface area contributed by atoms with Crippen LogP contribution in [0.3, 0.4) is 0 Å². The van der Waals surface area contributed by atoms with E-state index in [0.29, 0.717) is 11.3 Å². The van der Waals surface area contributed by atoms with E-state index in [1.54, 1.807) is 24.3 Å². The minimum absolute atomic E-state index is 0.103. The zero-order valence-electron chi connectivity index (χ0n) is 9.00. The van der Waals surface area contributed by atoms with Crippen molar-refractivity contribution in [2.45, 2.75) is 12.1 Å². The lowest BCUT2D eigenvalue weighted by Gasteiger charge is -2.16. The van der Waals surface area contributed by atoms with Gasteiger partial charge in [0.05, 0.1) is 34.9 Å². The van der Waals surface area contributed by atoms with Crippen molar-refractivity contribution < 1.29 is 13.5 Å². The Morgan fingerprint density at radius 3 is 2.65 bits per heavy atom. The van der Waals surface area contributed by atoms with Crippen LogP contribution in [0.4, 0.5) is 5.69 Å². The van der Waals surface area contributed by atoms with Gasteiger partial charge in [0.15, 0.2) is 9.84 Å². The largest absolute Gasteiger partial charge is 0.390 e. The molecule has 0 aliphatic carbocycles. The predicted molar refractivity (Wildman–Crippen MR) is 63.2 cm³/mol. The lowest BCUT2D eigenvalue weighted by Crippen LogP contribution is -2.32. The fourth-order valence-corrected chi connectivity index (χ4v) is 3.61. The van der Waals surface area contributed by atoms with Gasteiger partial charge < -0.3 is 10.4 Å². The summed E-state index contributed by atoms with van der Waals surface area (Å²) in [6.07, 6.45) is -0.924. The second kappa shape index (κ2) is 4.35. The number of anilines is 1. The molecule has 0 bridgehead atoms. The predicted octanol–water partition coefficient (Wildman–Crippen LogP) is 0.128. The number of aliphatic hydroxyl groups excluding tert-OH is 1. The monoisotopic (exact) mass is 252 g/mol. The fourth-order valence-electron chi connectivity index (χ4n) is 1.87. The summed E-state index contributed by atoms with van der Waals surface area (Å²) in [6.45, 7) is 0. The quantitative estimate of drug-likeness (QED) is 0.780. The molecule has 1 aliphatic rings. The molecule has 1 aromatic carbocycles. The molecule has 0 spiro atoms. The van der Waals surface area contributed by atoms with Crippen LogP contribution in [0.5, 0.6) is 0 Å². The van der Waals surface area contributed by atoms with Crippen LogP contribution in [0.15, 0.2) is 24.3 Å². The summed E-state index contributed by atoms with van der Waals surface area (Å²) < 4.78 is 22.7. The van der Waals surface area contributed by atoms with Crippen molar-refractivity contribution in [1.29, 1.82) is 5.26 Å². The SMILES string of the molecule is N#Cc1ccccc1NC1CS(=O)(=O)CC1O. The van der Waals surface area contributed by atoms with Crippen molar-refractivity contribution in [2.75, 3.05) is 16.8 Å². The van der Waals surface area contributed by atoms with Gasteiger partial charge in [-0.15, -0.1) is 0 Å². The first kappa shape index (κ1) is 11.9. The van der Waals surface area contributed by atoms with Gasteiger partial charge in [-0.3, -0.25) is 0 Å². The molecule has 0 amide bonds. The standard InChI is InChI=1S/C11H12N2O3S/c12-5-8-3-1-2-4-9(8)13-10-6-17(15,16)7-11(10)14/h1-4,10-11,13-14H,6-7H2. The minimum atomic E-state index is -3.18. The van der Waals surface area contributed by atoms with Crippen molar-refractivity contribution in [3.63, 3.8) is 0 Å². The number of rotatable bonds is 2. The highest BCUT2D eigenvalue weighted by Crippen LogP contribution is 2.20. The average molecular weight is 252 g/mol. The third kappa shape index (κ3) is 2.57. The van der Waals surface area contributed by atoms with Crippen molar-refractivity contribution >= 4 is 15.5 Å². The second-order valence-corrected chi connectivity index (χ2v) is 6.21. The Morgan fingerprint density at radius 1 is 1.35 bits per heavy atom. The van der Waals surface area contributed by atoms with Gasteiger partial charge in [-0.2, -0.15) is 5.26 Å². The van der Waals surface area contributed by atoms with Crippen molar-refractivity contribution in [3.05, 3.63) is 29.8 Å². The van der Waals surface area contributed by atoms with Gasteiger partial charge in [0.1, 0.15) is 6.07 Å². The summed E-state index contributed by atoms with van der Waals surface area (Å²) in [4.78, 5) is 0. The van der Waals surface area contributed by atoms with Crippen molar-refractivity contribution in [1.82, 2.24) is 0 Å². The van der Waals surface area contributed by atoms with Crippen molar-refractivity contribution in [3.8, 4) is 6.07 Å². The normalized spacial score (nSPS) is 26.4. The van der Waals surface area contributed by atoms with Crippen LogP contribution in [-0.2, 0) is 9.84 Å². The molecule has 5 nitrogen and oxygen atoms in total. The summed E-state index contributed by atoms with van der Waals surface area (Å²) in [5, 5.41) is 21.4. The summed E-state index contributed by atoms with van der Waals surface area (Å²) in [6, 6.07) is 8.27. The summed E-state index contributed by atoms with van der Waals surface area (Å²) in [5.41, 5.74) is 0.986. The number of nitriles is 1. The maximum atomic E-state index is 11.3. The molecule has 1 fully saturated rings. The number of sulfone groups is 1. The molecule has 0 aromatic heterocycles. The molecule has 1 aliphatic heterocycles.